The second-order valence-corrected chi connectivity index (χ2v) is 5.25. The molecule has 1 aromatic heterocycles. The van der Waals surface area contributed by atoms with Gasteiger partial charge in [0.2, 0.25) is 0 Å². The second-order valence-electron chi connectivity index (χ2n) is 5.25. The van der Waals surface area contributed by atoms with Crippen LogP contribution in [0.2, 0.25) is 0 Å². The summed E-state index contributed by atoms with van der Waals surface area (Å²) in [5, 5.41) is 7.79. The van der Waals surface area contributed by atoms with Gasteiger partial charge in [-0.25, -0.2) is 0 Å². The van der Waals surface area contributed by atoms with Crippen molar-refractivity contribution in [2.45, 2.75) is 26.4 Å². The van der Waals surface area contributed by atoms with Crippen molar-refractivity contribution in [3.05, 3.63) is 47.3 Å². The van der Waals surface area contributed by atoms with Crippen molar-refractivity contribution in [1.29, 1.82) is 0 Å². The lowest BCUT2D eigenvalue weighted by atomic mass is 10.00. The molecule has 7 heteroatoms. The first-order chi connectivity index (χ1) is 11.1. The quantitative estimate of drug-likeness (QED) is 0.873. The molecule has 1 aliphatic heterocycles. The van der Waals surface area contributed by atoms with E-state index in [1.165, 1.54) is 11.0 Å². The number of alkyl halides is 2. The van der Waals surface area contributed by atoms with E-state index in [0.29, 0.717) is 36.3 Å². The van der Waals surface area contributed by atoms with Crippen molar-refractivity contribution >= 4 is 11.6 Å². The van der Waals surface area contributed by atoms with Gasteiger partial charge in [-0.15, -0.1) is 5.10 Å². The van der Waals surface area contributed by atoms with E-state index in [4.69, 9.17) is 0 Å². The van der Waals surface area contributed by atoms with Crippen LogP contribution in [0.5, 0.6) is 5.75 Å². The molecule has 0 bridgehead atoms. The topological polar surface area (TPSA) is 55.3 Å². The maximum Gasteiger partial charge on any atom is 0.387 e. The molecule has 0 unspecified atom stereocenters. The molecule has 0 saturated carbocycles. The van der Waals surface area contributed by atoms with Crippen LogP contribution in [0.4, 0.5) is 14.5 Å². The van der Waals surface area contributed by atoms with E-state index < -0.39 is 6.61 Å². The number of fused-ring (bicyclic) bond motifs is 1. The van der Waals surface area contributed by atoms with Crippen LogP contribution in [0.1, 0.15) is 28.2 Å². The summed E-state index contributed by atoms with van der Waals surface area (Å²) in [5.41, 5.74) is 2.14. The predicted octanol–water partition coefficient (Wildman–Crippen LogP) is 2.98. The van der Waals surface area contributed by atoms with Gasteiger partial charge in [0.15, 0.2) is 5.69 Å². The lowest BCUT2D eigenvalue weighted by Gasteiger charge is -2.30. The van der Waals surface area contributed by atoms with Gasteiger partial charge >= 0.3 is 6.61 Å². The van der Waals surface area contributed by atoms with Crippen molar-refractivity contribution in [3.63, 3.8) is 0 Å². The molecule has 2 heterocycles. The number of aromatic nitrogens is 2. The predicted molar refractivity (Wildman–Crippen MR) is 79.8 cm³/mol. The number of hydrogen-bond acceptors (Lipinski definition) is 4. The van der Waals surface area contributed by atoms with E-state index in [1.807, 2.05) is 0 Å². The highest BCUT2D eigenvalue weighted by molar-refractivity contribution is 6.05. The van der Waals surface area contributed by atoms with Crippen molar-refractivity contribution in [2.75, 3.05) is 11.4 Å². The van der Waals surface area contributed by atoms with Crippen LogP contribution in [0.3, 0.4) is 0 Å². The van der Waals surface area contributed by atoms with Crippen molar-refractivity contribution in [2.24, 2.45) is 0 Å². The van der Waals surface area contributed by atoms with Gasteiger partial charge in [-0.2, -0.15) is 13.9 Å². The van der Waals surface area contributed by atoms with Crippen LogP contribution in [-0.4, -0.2) is 29.3 Å². The normalized spacial score (nSPS) is 13.8. The summed E-state index contributed by atoms with van der Waals surface area (Å²) < 4.78 is 29.6. The van der Waals surface area contributed by atoms with Crippen molar-refractivity contribution in [1.82, 2.24) is 10.2 Å². The Morgan fingerprint density at radius 3 is 2.78 bits per heavy atom. The third-order valence-electron chi connectivity index (χ3n) is 3.69. The third kappa shape index (κ3) is 3.13. The minimum atomic E-state index is -2.89. The highest BCUT2D eigenvalue weighted by atomic mass is 19.3. The Labute approximate surface area is 131 Å². The molecular weight excluding hydrogens is 304 g/mol. The van der Waals surface area contributed by atoms with Gasteiger partial charge < -0.3 is 9.64 Å². The summed E-state index contributed by atoms with van der Waals surface area (Å²) in [4.78, 5) is 14.2. The molecule has 2 aromatic rings. The van der Waals surface area contributed by atoms with Crippen LogP contribution < -0.4 is 9.64 Å². The Morgan fingerprint density at radius 2 is 2.09 bits per heavy atom. The lowest BCUT2D eigenvalue weighted by Crippen LogP contribution is -2.36. The van der Waals surface area contributed by atoms with Crippen LogP contribution in [-0.2, 0) is 6.42 Å². The van der Waals surface area contributed by atoms with E-state index in [-0.39, 0.29) is 17.4 Å². The summed E-state index contributed by atoms with van der Waals surface area (Å²) in [6.07, 6.45) is 1.25. The fourth-order valence-electron chi connectivity index (χ4n) is 2.66. The smallest absolute Gasteiger partial charge is 0.387 e. The molecule has 0 fully saturated rings. The molecule has 0 N–H and O–H groups in total. The monoisotopic (exact) mass is 319 g/mol. The first-order valence-electron chi connectivity index (χ1n) is 7.25. The fourth-order valence-corrected chi connectivity index (χ4v) is 2.66. The number of halogens is 2. The Bertz CT molecular complexity index is 720. The van der Waals surface area contributed by atoms with Crippen LogP contribution in [0, 0.1) is 6.92 Å². The van der Waals surface area contributed by atoms with Gasteiger partial charge in [0.05, 0.1) is 11.4 Å². The van der Waals surface area contributed by atoms with Crippen LogP contribution in [0.25, 0.3) is 0 Å². The number of hydrogen-bond donors (Lipinski definition) is 0. The van der Waals surface area contributed by atoms with Gasteiger partial charge in [0, 0.05) is 12.1 Å². The van der Waals surface area contributed by atoms with Gasteiger partial charge in [-0.3, -0.25) is 4.79 Å². The van der Waals surface area contributed by atoms with Gasteiger partial charge in [0.25, 0.3) is 5.91 Å². The minimum Gasteiger partial charge on any atom is -0.434 e. The number of carbonyl (C=O) groups excluding carboxylic acids is 1. The van der Waals surface area contributed by atoms with E-state index in [0.717, 1.165) is 0 Å². The molecule has 120 valence electrons. The number of nitrogens with zero attached hydrogens (tertiary/aromatic N) is 3. The summed E-state index contributed by atoms with van der Waals surface area (Å²) in [6.45, 7) is -0.610. The minimum absolute atomic E-state index is 0.116. The molecule has 1 aliphatic rings. The average molecular weight is 319 g/mol. The molecule has 0 atom stereocenters. The van der Waals surface area contributed by atoms with E-state index in [2.05, 4.69) is 14.9 Å². The fraction of sp³-hybridized carbons (Fsp3) is 0.312. The molecule has 3 rings (SSSR count). The van der Waals surface area contributed by atoms with Crippen LogP contribution in [0.15, 0.2) is 30.3 Å². The zero-order chi connectivity index (χ0) is 16.4. The summed E-state index contributed by atoms with van der Waals surface area (Å²) >= 11 is 0. The molecule has 23 heavy (non-hydrogen) atoms. The van der Waals surface area contributed by atoms with Crippen molar-refractivity contribution in [3.8, 4) is 5.75 Å². The van der Waals surface area contributed by atoms with Gasteiger partial charge in [-0.05, 0) is 44.0 Å². The first-order valence-corrected chi connectivity index (χ1v) is 7.25. The molecular formula is C16H15F2N3O2. The molecule has 0 aliphatic carbocycles. The zero-order valence-corrected chi connectivity index (χ0v) is 12.5. The molecule has 1 amide bonds. The lowest BCUT2D eigenvalue weighted by molar-refractivity contribution is -0.0504. The number of benzene rings is 1. The maximum absolute atomic E-state index is 12.6. The molecule has 0 radical (unpaired) electrons. The highest BCUT2D eigenvalue weighted by Gasteiger charge is 2.27. The Kier molecular flexibility index (Phi) is 4.18. The molecule has 1 aromatic carbocycles. The SMILES string of the molecule is Cc1ccc(C(=O)N2CCCc3c(OC(F)F)cccc32)nn1. The largest absolute Gasteiger partial charge is 0.434 e. The standard InChI is InChI=1S/C16H15F2N3O2/c1-10-7-8-12(20-19-10)15(22)21-9-3-4-11-13(21)5-2-6-14(11)23-16(17)18/h2,5-8,16H,3-4,9H2,1H3. The summed E-state index contributed by atoms with van der Waals surface area (Å²) in [5.74, 6) is -0.183. The second kappa shape index (κ2) is 6.28. The molecule has 5 nitrogen and oxygen atoms in total. The number of aryl methyl sites for hydroxylation is 1. The number of carbonyl (C=O) groups is 1. The van der Waals surface area contributed by atoms with Gasteiger partial charge in [0.1, 0.15) is 5.75 Å². The number of amides is 1. The zero-order valence-electron chi connectivity index (χ0n) is 12.5. The van der Waals surface area contributed by atoms with E-state index in [9.17, 15) is 13.6 Å². The number of ether oxygens (including phenoxy) is 1. The van der Waals surface area contributed by atoms with E-state index >= 15 is 0 Å². The molecule has 0 spiro atoms. The Hall–Kier alpha value is -2.57. The Morgan fingerprint density at radius 1 is 1.26 bits per heavy atom. The first kappa shape index (κ1) is 15.3. The maximum atomic E-state index is 12.6. The third-order valence-corrected chi connectivity index (χ3v) is 3.69. The summed E-state index contributed by atoms with van der Waals surface area (Å²) in [7, 11) is 0. The Balaban J connectivity index is 1.95. The highest BCUT2D eigenvalue weighted by Crippen LogP contribution is 2.35. The van der Waals surface area contributed by atoms with E-state index in [1.54, 1.807) is 31.2 Å². The van der Waals surface area contributed by atoms with Crippen LogP contribution >= 0.6 is 0 Å². The van der Waals surface area contributed by atoms with Crippen molar-refractivity contribution < 1.29 is 18.3 Å². The number of rotatable bonds is 3. The molecule has 0 saturated heterocycles. The van der Waals surface area contributed by atoms with Gasteiger partial charge in [-0.1, -0.05) is 6.07 Å². The average Bonchev–Trinajstić information content (AvgIpc) is 2.54. The number of anilines is 1. The summed E-state index contributed by atoms with van der Waals surface area (Å²) in [6, 6.07) is 8.14.